The second-order valence-electron chi connectivity index (χ2n) is 9.01. The molecular formula is C20H30N4O2. The quantitative estimate of drug-likeness (QED) is 0.828. The molecule has 3 heterocycles. The van der Waals surface area contributed by atoms with Crippen LogP contribution in [0.1, 0.15) is 50.0 Å². The highest BCUT2D eigenvalue weighted by molar-refractivity contribution is 5.92. The van der Waals surface area contributed by atoms with Crippen molar-refractivity contribution in [3.63, 3.8) is 0 Å². The second kappa shape index (κ2) is 6.48. The van der Waals surface area contributed by atoms with E-state index in [1.165, 1.54) is 12.8 Å². The fraction of sp³-hybridized carbons (Fsp3) is 0.750. The maximum Gasteiger partial charge on any atom is 0.274 e. The summed E-state index contributed by atoms with van der Waals surface area (Å²) in [5.74, 6) is 1.44. The SMILES string of the molecule is COC[C@@]12CN(c3cncc(C(=O)N4CCCCC4)n3)C[C@@H]1C(C)(C)C2. The third kappa shape index (κ3) is 2.88. The van der Waals surface area contributed by atoms with Gasteiger partial charge in [0, 0.05) is 38.7 Å². The Morgan fingerprint density at radius 3 is 2.73 bits per heavy atom. The first kappa shape index (κ1) is 17.7. The summed E-state index contributed by atoms with van der Waals surface area (Å²) in [6.45, 7) is 9.05. The third-order valence-corrected chi connectivity index (χ3v) is 6.64. The fourth-order valence-electron chi connectivity index (χ4n) is 5.65. The molecule has 6 heteroatoms. The van der Waals surface area contributed by atoms with Crippen LogP contribution in [-0.2, 0) is 4.74 Å². The van der Waals surface area contributed by atoms with Crippen LogP contribution in [0, 0.1) is 16.7 Å². The largest absolute Gasteiger partial charge is 0.384 e. The number of likely N-dealkylation sites (tertiary alicyclic amines) is 1. The molecule has 3 fully saturated rings. The van der Waals surface area contributed by atoms with E-state index < -0.39 is 0 Å². The fourth-order valence-corrected chi connectivity index (χ4v) is 5.65. The van der Waals surface area contributed by atoms with Gasteiger partial charge < -0.3 is 14.5 Å². The number of methoxy groups -OCH3 is 1. The summed E-state index contributed by atoms with van der Waals surface area (Å²) in [6.07, 6.45) is 7.96. The Kier molecular flexibility index (Phi) is 4.41. The van der Waals surface area contributed by atoms with Crippen LogP contribution >= 0.6 is 0 Å². The minimum absolute atomic E-state index is 0.0214. The van der Waals surface area contributed by atoms with Gasteiger partial charge >= 0.3 is 0 Å². The van der Waals surface area contributed by atoms with Crippen molar-refractivity contribution in [2.75, 3.05) is 44.8 Å². The van der Waals surface area contributed by atoms with Gasteiger partial charge in [-0.05, 0) is 37.0 Å². The van der Waals surface area contributed by atoms with Crippen molar-refractivity contribution in [2.45, 2.75) is 39.5 Å². The summed E-state index contributed by atoms with van der Waals surface area (Å²) in [7, 11) is 1.79. The first-order chi connectivity index (χ1) is 12.5. The minimum Gasteiger partial charge on any atom is -0.384 e. The van der Waals surface area contributed by atoms with Crippen LogP contribution in [0.5, 0.6) is 0 Å². The number of piperidine rings is 1. The molecular weight excluding hydrogens is 328 g/mol. The van der Waals surface area contributed by atoms with Gasteiger partial charge in [0.15, 0.2) is 0 Å². The molecule has 1 amide bonds. The molecule has 26 heavy (non-hydrogen) atoms. The molecule has 0 unspecified atom stereocenters. The maximum atomic E-state index is 12.8. The van der Waals surface area contributed by atoms with E-state index in [9.17, 15) is 4.79 Å². The van der Waals surface area contributed by atoms with Gasteiger partial charge in [-0.25, -0.2) is 4.98 Å². The number of ether oxygens (including phenoxy) is 1. The Labute approximate surface area is 155 Å². The van der Waals surface area contributed by atoms with Crippen molar-refractivity contribution in [3.05, 3.63) is 18.1 Å². The number of aromatic nitrogens is 2. The zero-order chi connectivity index (χ0) is 18.4. The highest BCUT2D eigenvalue weighted by atomic mass is 16.5. The summed E-state index contributed by atoms with van der Waals surface area (Å²) < 4.78 is 5.55. The number of rotatable bonds is 4. The van der Waals surface area contributed by atoms with Gasteiger partial charge in [-0.2, -0.15) is 0 Å². The van der Waals surface area contributed by atoms with Crippen molar-refractivity contribution in [2.24, 2.45) is 16.7 Å². The first-order valence-corrected chi connectivity index (χ1v) is 9.80. The smallest absolute Gasteiger partial charge is 0.274 e. The van der Waals surface area contributed by atoms with Crippen LogP contribution in [0.4, 0.5) is 5.82 Å². The monoisotopic (exact) mass is 358 g/mol. The molecule has 6 nitrogen and oxygen atoms in total. The number of anilines is 1. The lowest BCUT2D eigenvalue weighted by Crippen LogP contribution is -2.55. The summed E-state index contributed by atoms with van der Waals surface area (Å²) in [6, 6.07) is 0. The number of hydrogen-bond acceptors (Lipinski definition) is 5. The normalized spacial score (nSPS) is 30.0. The van der Waals surface area contributed by atoms with Gasteiger partial charge in [-0.1, -0.05) is 13.8 Å². The molecule has 0 aromatic carbocycles. The Balaban J connectivity index is 1.53. The third-order valence-electron chi connectivity index (χ3n) is 6.64. The molecule has 2 atom stereocenters. The van der Waals surface area contributed by atoms with Crippen LogP contribution in [0.15, 0.2) is 12.4 Å². The van der Waals surface area contributed by atoms with Gasteiger partial charge in [0.1, 0.15) is 11.5 Å². The number of carbonyl (C=O) groups excluding carboxylic acids is 1. The maximum absolute atomic E-state index is 12.8. The lowest BCUT2D eigenvalue weighted by molar-refractivity contribution is -0.106. The van der Waals surface area contributed by atoms with E-state index in [4.69, 9.17) is 9.72 Å². The van der Waals surface area contributed by atoms with Crippen molar-refractivity contribution >= 4 is 11.7 Å². The Hall–Kier alpha value is -1.69. The van der Waals surface area contributed by atoms with Crippen LogP contribution < -0.4 is 4.90 Å². The number of amides is 1. The Bertz CT molecular complexity index is 686. The predicted octanol–water partition coefficient (Wildman–Crippen LogP) is 2.60. The lowest BCUT2D eigenvalue weighted by Gasteiger charge is -2.56. The van der Waals surface area contributed by atoms with Crippen molar-refractivity contribution in [1.82, 2.24) is 14.9 Å². The first-order valence-electron chi connectivity index (χ1n) is 9.80. The van der Waals surface area contributed by atoms with Gasteiger partial charge in [0.25, 0.3) is 5.91 Å². The summed E-state index contributed by atoms with van der Waals surface area (Å²) in [5, 5.41) is 0. The van der Waals surface area contributed by atoms with E-state index >= 15 is 0 Å². The molecule has 0 spiro atoms. The van der Waals surface area contributed by atoms with Gasteiger partial charge in [0.05, 0.1) is 19.0 Å². The molecule has 2 saturated heterocycles. The second-order valence-corrected chi connectivity index (χ2v) is 9.01. The molecule has 1 aliphatic carbocycles. The summed E-state index contributed by atoms with van der Waals surface area (Å²) in [5.41, 5.74) is 1.03. The van der Waals surface area contributed by atoms with Crippen molar-refractivity contribution in [3.8, 4) is 0 Å². The Morgan fingerprint density at radius 1 is 1.27 bits per heavy atom. The number of carbonyl (C=O) groups is 1. The topological polar surface area (TPSA) is 58.6 Å². The van der Waals surface area contributed by atoms with Crippen LogP contribution in [0.2, 0.25) is 0 Å². The van der Waals surface area contributed by atoms with Crippen LogP contribution in [0.25, 0.3) is 0 Å². The average molecular weight is 358 g/mol. The molecule has 1 saturated carbocycles. The average Bonchev–Trinajstić information content (AvgIpc) is 2.97. The number of nitrogens with zero attached hydrogens (tertiary/aromatic N) is 4. The zero-order valence-electron chi connectivity index (χ0n) is 16.2. The van der Waals surface area contributed by atoms with Gasteiger partial charge in [-0.3, -0.25) is 9.78 Å². The van der Waals surface area contributed by atoms with Gasteiger partial charge in [-0.15, -0.1) is 0 Å². The molecule has 142 valence electrons. The van der Waals surface area contributed by atoms with E-state index in [1.54, 1.807) is 19.5 Å². The van der Waals surface area contributed by atoms with E-state index in [2.05, 4.69) is 23.7 Å². The standard InChI is InChI=1S/C20H30N4O2/c1-19(2)12-20(14-26-3)13-24(11-16(19)20)17-10-21-9-15(22-17)18(25)23-7-5-4-6-8-23/h9-10,16H,4-8,11-14H2,1-3H3/t16-,20-/m1/s1. The lowest BCUT2D eigenvalue weighted by atomic mass is 9.48. The highest BCUT2D eigenvalue weighted by Gasteiger charge is 2.62. The van der Waals surface area contributed by atoms with E-state index in [0.717, 1.165) is 51.4 Å². The number of fused-ring (bicyclic) bond motifs is 1. The van der Waals surface area contributed by atoms with E-state index in [0.29, 0.717) is 17.0 Å². The van der Waals surface area contributed by atoms with Crippen LogP contribution in [-0.4, -0.2) is 60.7 Å². The predicted molar refractivity (Wildman–Crippen MR) is 100 cm³/mol. The molecule has 0 bridgehead atoms. The van der Waals surface area contributed by atoms with Gasteiger partial charge in [0.2, 0.25) is 0 Å². The molecule has 0 radical (unpaired) electrons. The number of hydrogen-bond donors (Lipinski definition) is 0. The Morgan fingerprint density at radius 2 is 2.04 bits per heavy atom. The molecule has 1 aromatic rings. The molecule has 3 aliphatic rings. The zero-order valence-corrected chi connectivity index (χ0v) is 16.2. The molecule has 4 rings (SSSR count). The molecule has 2 aliphatic heterocycles. The molecule has 0 N–H and O–H groups in total. The summed E-state index contributed by atoms with van der Waals surface area (Å²) >= 11 is 0. The van der Waals surface area contributed by atoms with E-state index in [1.807, 2.05) is 4.90 Å². The van der Waals surface area contributed by atoms with Crippen LogP contribution in [0.3, 0.4) is 0 Å². The molecule has 1 aromatic heterocycles. The minimum atomic E-state index is 0.0214. The van der Waals surface area contributed by atoms with Crippen molar-refractivity contribution in [1.29, 1.82) is 0 Å². The highest BCUT2D eigenvalue weighted by Crippen LogP contribution is 2.63. The summed E-state index contributed by atoms with van der Waals surface area (Å²) in [4.78, 5) is 26.0. The van der Waals surface area contributed by atoms with Crippen molar-refractivity contribution < 1.29 is 9.53 Å². The van der Waals surface area contributed by atoms with E-state index in [-0.39, 0.29) is 11.3 Å².